The predicted octanol–water partition coefficient (Wildman–Crippen LogP) is 4.89. The molecule has 0 aliphatic rings. The molecule has 3 aromatic rings. The molecule has 0 saturated carbocycles. The highest BCUT2D eigenvalue weighted by Crippen LogP contribution is 2.33. The lowest BCUT2D eigenvalue weighted by Crippen LogP contribution is -2.27. The van der Waals surface area contributed by atoms with Crippen LogP contribution >= 0.6 is 27.5 Å². The molecule has 0 spiro atoms. The Bertz CT molecular complexity index is 1330. The standard InChI is InChI=1S/C22H18BrClN2O6S/c1-26(15-9-7-14(24)8-10-15)33(30,31)19-5-3-4-16(20(19)32-2)21(27)25-18-11-6-13(23)12-17(18)22(28)29/h3-12H,1-2H3,(H,25,27)(H,28,29). The highest BCUT2D eigenvalue weighted by atomic mass is 79.9. The van der Waals surface area contributed by atoms with Crippen LogP contribution in [-0.4, -0.2) is 39.6 Å². The number of hydrogen-bond acceptors (Lipinski definition) is 5. The average molecular weight is 554 g/mol. The highest BCUT2D eigenvalue weighted by molar-refractivity contribution is 9.10. The summed E-state index contributed by atoms with van der Waals surface area (Å²) < 4.78 is 33.5. The van der Waals surface area contributed by atoms with Crippen LogP contribution in [0.2, 0.25) is 5.02 Å². The fraction of sp³-hybridized carbons (Fsp3) is 0.0909. The number of rotatable bonds is 7. The van der Waals surface area contributed by atoms with Crippen LogP contribution in [0.25, 0.3) is 0 Å². The topological polar surface area (TPSA) is 113 Å². The third kappa shape index (κ3) is 5.13. The number of amides is 1. The first-order valence-corrected chi connectivity index (χ1v) is 11.9. The molecular formula is C22H18BrClN2O6S. The second-order valence-electron chi connectivity index (χ2n) is 6.74. The Morgan fingerprint density at radius 2 is 1.73 bits per heavy atom. The lowest BCUT2D eigenvalue weighted by Gasteiger charge is -2.22. The molecule has 0 atom stereocenters. The molecule has 172 valence electrons. The first kappa shape index (κ1) is 24.6. The maximum Gasteiger partial charge on any atom is 0.337 e. The van der Waals surface area contributed by atoms with E-state index in [1.54, 1.807) is 30.3 Å². The van der Waals surface area contributed by atoms with E-state index < -0.39 is 21.9 Å². The summed E-state index contributed by atoms with van der Waals surface area (Å²) in [6, 6.07) is 14.7. The van der Waals surface area contributed by atoms with E-state index in [2.05, 4.69) is 21.2 Å². The number of para-hydroxylation sites is 1. The van der Waals surface area contributed by atoms with Gasteiger partial charge in [0.15, 0.2) is 5.75 Å². The number of carboxylic acids is 1. The molecule has 3 rings (SSSR count). The zero-order valence-corrected chi connectivity index (χ0v) is 20.5. The number of hydrogen-bond donors (Lipinski definition) is 2. The van der Waals surface area contributed by atoms with Gasteiger partial charge in [0.05, 0.1) is 29.6 Å². The van der Waals surface area contributed by atoms with Gasteiger partial charge in [0.2, 0.25) is 0 Å². The van der Waals surface area contributed by atoms with E-state index in [9.17, 15) is 23.1 Å². The number of aromatic carboxylic acids is 1. The van der Waals surface area contributed by atoms with Crippen LogP contribution in [-0.2, 0) is 10.0 Å². The van der Waals surface area contributed by atoms with Crippen molar-refractivity contribution in [3.05, 3.63) is 81.3 Å². The Morgan fingerprint density at radius 1 is 1.06 bits per heavy atom. The van der Waals surface area contributed by atoms with Crippen LogP contribution < -0.4 is 14.4 Å². The molecule has 2 N–H and O–H groups in total. The van der Waals surface area contributed by atoms with Gasteiger partial charge in [0, 0.05) is 16.5 Å². The summed E-state index contributed by atoms with van der Waals surface area (Å²) in [4.78, 5) is 24.3. The summed E-state index contributed by atoms with van der Waals surface area (Å²) in [7, 11) is -1.51. The molecule has 0 bridgehead atoms. The first-order valence-electron chi connectivity index (χ1n) is 9.32. The Hall–Kier alpha value is -3.08. The smallest absolute Gasteiger partial charge is 0.337 e. The van der Waals surface area contributed by atoms with E-state index in [0.29, 0.717) is 15.2 Å². The number of benzene rings is 3. The van der Waals surface area contributed by atoms with Crippen molar-refractivity contribution in [1.82, 2.24) is 0 Å². The normalized spacial score (nSPS) is 11.0. The molecule has 33 heavy (non-hydrogen) atoms. The van der Waals surface area contributed by atoms with Crippen molar-refractivity contribution in [1.29, 1.82) is 0 Å². The van der Waals surface area contributed by atoms with Crippen LogP contribution in [0, 0.1) is 0 Å². The molecule has 0 aromatic heterocycles. The average Bonchev–Trinajstić information content (AvgIpc) is 2.79. The molecule has 0 heterocycles. The van der Waals surface area contributed by atoms with Crippen molar-refractivity contribution in [3.8, 4) is 5.75 Å². The molecule has 1 amide bonds. The van der Waals surface area contributed by atoms with Crippen molar-refractivity contribution < 1.29 is 27.9 Å². The molecule has 0 aliphatic heterocycles. The minimum atomic E-state index is -4.12. The fourth-order valence-corrected chi connectivity index (χ4v) is 4.90. The van der Waals surface area contributed by atoms with Gasteiger partial charge in [-0.3, -0.25) is 9.10 Å². The van der Waals surface area contributed by atoms with Crippen molar-refractivity contribution >= 4 is 60.8 Å². The maximum absolute atomic E-state index is 13.3. The van der Waals surface area contributed by atoms with Crippen molar-refractivity contribution in [2.24, 2.45) is 0 Å². The van der Waals surface area contributed by atoms with Crippen LogP contribution in [0.3, 0.4) is 0 Å². The number of ether oxygens (including phenoxy) is 1. The largest absolute Gasteiger partial charge is 0.494 e. The van der Waals surface area contributed by atoms with E-state index in [-0.39, 0.29) is 27.5 Å². The summed E-state index contributed by atoms with van der Waals surface area (Å²) in [5.74, 6) is -2.15. The Balaban J connectivity index is 2.02. The number of anilines is 2. The van der Waals surface area contributed by atoms with Gasteiger partial charge in [0.1, 0.15) is 4.90 Å². The van der Waals surface area contributed by atoms with Gasteiger partial charge in [0.25, 0.3) is 15.9 Å². The van der Waals surface area contributed by atoms with Gasteiger partial charge in [-0.15, -0.1) is 0 Å². The van der Waals surface area contributed by atoms with E-state index in [0.717, 1.165) is 4.31 Å². The van der Waals surface area contributed by atoms with Gasteiger partial charge < -0.3 is 15.2 Å². The van der Waals surface area contributed by atoms with Crippen LogP contribution in [0.5, 0.6) is 5.75 Å². The number of nitrogens with one attached hydrogen (secondary N) is 1. The predicted molar refractivity (Wildman–Crippen MR) is 129 cm³/mol. The number of halogens is 2. The number of nitrogens with zero attached hydrogens (tertiary/aromatic N) is 1. The van der Waals surface area contributed by atoms with Crippen molar-refractivity contribution in [3.63, 3.8) is 0 Å². The number of carboxylic acid groups (broad SMARTS) is 1. The Labute approximate surface area is 203 Å². The van der Waals surface area contributed by atoms with Gasteiger partial charge in [-0.05, 0) is 54.6 Å². The van der Waals surface area contributed by atoms with E-state index >= 15 is 0 Å². The summed E-state index contributed by atoms with van der Waals surface area (Å²) in [6.07, 6.45) is 0. The quantitative estimate of drug-likeness (QED) is 0.431. The zero-order chi connectivity index (χ0) is 24.3. The molecule has 0 unspecified atom stereocenters. The SMILES string of the molecule is COc1c(C(=O)Nc2ccc(Br)cc2C(=O)O)cccc1S(=O)(=O)N(C)c1ccc(Cl)cc1. The molecule has 0 radical (unpaired) electrons. The Morgan fingerprint density at radius 3 is 2.33 bits per heavy atom. The molecular weight excluding hydrogens is 536 g/mol. The van der Waals surface area contributed by atoms with Crippen molar-refractivity contribution in [2.75, 3.05) is 23.8 Å². The zero-order valence-electron chi connectivity index (χ0n) is 17.4. The molecule has 3 aromatic carbocycles. The van der Waals surface area contributed by atoms with E-state index in [4.69, 9.17) is 16.3 Å². The summed E-state index contributed by atoms with van der Waals surface area (Å²) in [5.41, 5.74) is 0.187. The molecule has 0 saturated heterocycles. The molecule has 0 fully saturated rings. The van der Waals surface area contributed by atoms with Gasteiger partial charge in [-0.2, -0.15) is 0 Å². The Kier molecular flexibility index (Phi) is 7.31. The van der Waals surface area contributed by atoms with E-state index in [1.165, 1.54) is 44.5 Å². The van der Waals surface area contributed by atoms with Crippen LogP contribution in [0.15, 0.2) is 70.0 Å². The molecule has 0 aliphatic carbocycles. The maximum atomic E-state index is 13.3. The second-order valence-corrected chi connectivity index (χ2v) is 10.0. The first-order chi connectivity index (χ1) is 15.6. The number of sulfonamides is 1. The van der Waals surface area contributed by atoms with E-state index in [1.807, 2.05) is 0 Å². The highest BCUT2D eigenvalue weighted by Gasteiger charge is 2.29. The summed E-state index contributed by atoms with van der Waals surface area (Å²) in [5, 5.41) is 12.4. The number of carbonyl (C=O) groups is 2. The molecule has 11 heteroatoms. The van der Waals surface area contributed by atoms with Gasteiger partial charge >= 0.3 is 5.97 Å². The number of carbonyl (C=O) groups excluding carboxylic acids is 1. The third-order valence-corrected chi connectivity index (χ3v) is 7.27. The third-order valence-electron chi connectivity index (χ3n) is 4.72. The minimum Gasteiger partial charge on any atom is -0.494 e. The lowest BCUT2D eigenvalue weighted by molar-refractivity contribution is 0.0698. The lowest BCUT2D eigenvalue weighted by atomic mass is 10.1. The van der Waals surface area contributed by atoms with Crippen LogP contribution in [0.1, 0.15) is 20.7 Å². The summed E-state index contributed by atoms with van der Waals surface area (Å²) in [6.45, 7) is 0. The fourth-order valence-electron chi connectivity index (χ4n) is 3.04. The summed E-state index contributed by atoms with van der Waals surface area (Å²) >= 11 is 9.08. The van der Waals surface area contributed by atoms with Crippen LogP contribution in [0.4, 0.5) is 11.4 Å². The number of methoxy groups -OCH3 is 1. The molecule has 8 nitrogen and oxygen atoms in total. The second kappa shape index (κ2) is 9.82. The minimum absolute atomic E-state index is 0.0456. The van der Waals surface area contributed by atoms with Crippen molar-refractivity contribution in [2.45, 2.75) is 4.90 Å². The van der Waals surface area contributed by atoms with Gasteiger partial charge in [-0.1, -0.05) is 33.6 Å². The van der Waals surface area contributed by atoms with Gasteiger partial charge in [-0.25, -0.2) is 13.2 Å². The monoisotopic (exact) mass is 552 g/mol.